The molecule has 176 valence electrons. The van der Waals surface area contributed by atoms with Crippen molar-refractivity contribution < 1.29 is 14.3 Å². The molecule has 0 radical (unpaired) electrons. The lowest BCUT2D eigenvalue weighted by atomic mass is 10.1. The Balaban J connectivity index is 1.33. The Morgan fingerprint density at radius 1 is 1.11 bits per heavy atom. The highest BCUT2D eigenvalue weighted by atomic mass is 16.5. The maximum Gasteiger partial charge on any atom is 0.291 e. The molecule has 0 spiro atoms. The van der Waals surface area contributed by atoms with Crippen molar-refractivity contribution in [1.82, 2.24) is 19.9 Å². The number of amides is 2. The minimum atomic E-state index is -0.394. The SMILES string of the molecule is Cc1cc(N)nc(C)c1CNC(=O)c1cn2c(n1)C(=O)Nc1cc(Oc3ccccc3)ccc1C2. The third-order valence-corrected chi connectivity index (χ3v) is 5.86. The van der Waals surface area contributed by atoms with Crippen LogP contribution in [0, 0.1) is 13.8 Å². The van der Waals surface area contributed by atoms with Crippen LogP contribution in [0.25, 0.3) is 0 Å². The zero-order valence-electron chi connectivity index (χ0n) is 19.3. The molecular weight excluding hydrogens is 444 g/mol. The van der Waals surface area contributed by atoms with E-state index in [-0.39, 0.29) is 24.0 Å². The maximum absolute atomic E-state index is 12.9. The summed E-state index contributed by atoms with van der Waals surface area (Å²) in [5.74, 6) is 1.15. The fraction of sp³-hybridized carbons (Fsp3) is 0.154. The number of aryl methyl sites for hydroxylation is 2. The van der Waals surface area contributed by atoms with Gasteiger partial charge in [0.2, 0.25) is 0 Å². The standard InChI is InChI=1S/C26H24N6O3/c1-15-10-23(27)29-16(2)20(15)12-28-25(33)22-14-32-13-17-8-9-19(35-18-6-4-3-5-7-18)11-21(17)31-26(34)24(32)30-22/h3-11,14H,12-13H2,1-2H3,(H2,27,29)(H,28,33)(H,31,34). The molecule has 1 aliphatic heterocycles. The van der Waals surface area contributed by atoms with Crippen molar-refractivity contribution in [2.75, 3.05) is 11.1 Å². The third kappa shape index (κ3) is 4.56. The molecule has 4 N–H and O–H groups in total. The van der Waals surface area contributed by atoms with E-state index in [1.807, 2.05) is 56.3 Å². The molecule has 35 heavy (non-hydrogen) atoms. The normalized spacial score (nSPS) is 12.2. The highest BCUT2D eigenvalue weighted by Gasteiger charge is 2.24. The van der Waals surface area contributed by atoms with Crippen molar-refractivity contribution >= 4 is 23.3 Å². The summed E-state index contributed by atoms with van der Waals surface area (Å²) in [6.45, 7) is 4.44. The molecule has 9 heteroatoms. The minimum Gasteiger partial charge on any atom is -0.457 e. The Morgan fingerprint density at radius 3 is 2.69 bits per heavy atom. The molecule has 0 saturated carbocycles. The molecule has 0 unspecified atom stereocenters. The number of carbonyl (C=O) groups excluding carboxylic acids is 2. The average molecular weight is 469 g/mol. The van der Waals surface area contributed by atoms with Crippen LogP contribution in [0.2, 0.25) is 0 Å². The molecule has 0 fully saturated rings. The highest BCUT2D eigenvalue weighted by Crippen LogP contribution is 2.29. The van der Waals surface area contributed by atoms with Crippen molar-refractivity contribution in [3.8, 4) is 11.5 Å². The second-order valence-electron chi connectivity index (χ2n) is 8.38. The van der Waals surface area contributed by atoms with Gasteiger partial charge in [-0.1, -0.05) is 24.3 Å². The van der Waals surface area contributed by atoms with Crippen molar-refractivity contribution in [2.24, 2.45) is 0 Å². The first-order valence-corrected chi connectivity index (χ1v) is 11.1. The number of hydrogen-bond donors (Lipinski definition) is 3. The van der Waals surface area contributed by atoms with E-state index in [0.717, 1.165) is 22.4 Å². The Hall–Kier alpha value is -4.66. The fourth-order valence-electron chi connectivity index (χ4n) is 4.10. The van der Waals surface area contributed by atoms with Crippen LogP contribution in [-0.4, -0.2) is 26.3 Å². The number of imidazole rings is 1. The first kappa shape index (κ1) is 22.1. The van der Waals surface area contributed by atoms with Gasteiger partial charge in [-0.2, -0.15) is 0 Å². The minimum absolute atomic E-state index is 0.165. The van der Waals surface area contributed by atoms with E-state index in [0.29, 0.717) is 29.5 Å². The van der Waals surface area contributed by atoms with E-state index in [2.05, 4.69) is 20.6 Å². The van der Waals surface area contributed by atoms with E-state index in [9.17, 15) is 9.59 Å². The van der Waals surface area contributed by atoms with Crippen LogP contribution in [0.4, 0.5) is 11.5 Å². The average Bonchev–Trinajstić information content (AvgIpc) is 3.19. The summed E-state index contributed by atoms with van der Waals surface area (Å²) < 4.78 is 7.55. The van der Waals surface area contributed by atoms with E-state index in [4.69, 9.17) is 10.5 Å². The summed E-state index contributed by atoms with van der Waals surface area (Å²) in [4.78, 5) is 34.3. The molecule has 0 aliphatic carbocycles. The Bertz CT molecular complexity index is 1420. The van der Waals surface area contributed by atoms with Gasteiger partial charge in [0, 0.05) is 30.2 Å². The topological polar surface area (TPSA) is 124 Å². The van der Waals surface area contributed by atoms with Crippen molar-refractivity contribution in [2.45, 2.75) is 26.9 Å². The largest absolute Gasteiger partial charge is 0.457 e. The zero-order valence-corrected chi connectivity index (χ0v) is 19.3. The molecule has 5 rings (SSSR count). The number of para-hydroxylation sites is 1. The third-order valence-electron chi connectivity index (χ3n) is 5.86. The summed E-state index contributed by atoms with van der Waals surface area (Å²) >= 11 is 0. The van der Waals surface area contributed by atoms with Gasteiger partial charge in [0.05, 0.1) is 6.54 Å². The highest BCUT2D eigenvalue weighted by molar-refractivity contribution is 6.04. The molecule has 1 aliphatic rings. The van der Waals surface area contributed by atoms with Crippen LogP contribution in [-0.2, 0) is 13.1 Å². The number of carbonyl (C=O) groups is 2. The predicted octanol–water partition coefficient (Wildman–Crippen LogP) is 3.81. The summed E-state index contributed by atoms with van der Waals surface area (Å²) in [5, 5.41) is 5.74. The summed E-state index contributed by atoms with van der Waals surface area (Å²) in [6.07, 6.45) is 1.59. The number of benzene rings is 2. The first-order valence-electron chi connectivity index (χ1n) is 11.1. The second kappa shape index (κ2) is 8.94. The molecule has 4 aromatic rings. The molecule has 0 saturated heterocycles. The van der Waals surface area contributed by atoms with E-state index < -0.39 is 5.91 Å². The van der Waals surface area contributed by atoms with Crippen LogP contribution >= 0.6 is 0 Å². The lowest BCUT2D eigenvalue weighted by molar-refractivity contribution is 0.0946. The molecule has 3 heterocycles. The number of hydrogen-bond acceptors (Lipinski definition) is 6. The van der Waals surface area contributed by atoms with Crippen molar-refractivity contribution in [3.63, 3.8) is 0 Å². The van der Waals surface area contributed by atoms with Gasteiger partial charge in [0.25, 0.3) is 11.8 Å². The van der Waals surface area contributed by atoms with Crippen LogP contribution in [0.3, 0.4) is 0 Å². The molecule has 0 atom stereocenters. The number of aromatic nitrogens is 3. The van der Waals surface area contributed by atoms with Crippen molar-refractivity contribution in [3.05, 3.63) is 94.7 Å². The zero-order chi connectivity index (χ0) is 24.5. The van der Waals surface area contributed by atoms with E-state index in [1.54, 1.807) is 22.9 Å². The number of rotatable bonds is 5. The Kier molecular flexibility index (Phi) is 5.66. The molecule has 9 nitrogen and oxygen atoms in total. The number of nitrogens with one attached hydrogen (secondary N) is 2. The van der Waals surface area contributed by atoms with Gasteiger partial charge in [-0.15, -0.1) is 0 Å². The smallest absolute Gasteiger partial charge is 0.291 e. The number of nitrogen functional groups attached to an aromatic ring is 1. The van der Waals surface area contributed by atoms with Gasteiger partial charge >= 0.3 is 0 Å². The van der Waals surface area contributed by atoms with Crippen LogP contribution in [0.15, 0.2) is 60.8 Å². The predicted molar refractivity (Wildman–Crippen MR) is 132 cm³/mol. The Morgan fingerprint density at radius 2 is 1.91 bits per heavy atom. The van der Waals surface area contributed by atoms with Crippen LogP contribution in [0.5, 0.6) is 11.5 Å². The Labute approximate surface area is 202 Å². The van der Waals surface area contributed by atoms with Crippen LogP contribution in [0.1, 0.15) is 43.5 Å². The van der Waals surface area contributed by atoms with E-state index in [1.165, 1.54) is 0 Å². The number of nitrogens with zero attached hydrogens (tertiary/aromatic N) is 3. The molecule has 0 bridgehead atoms. The first-order chi connectivity index (χ1) is 16.9. The monoisotopic (exact) mass is 468 g/mol. The van der Waals surface area contributed by atoms with Gasteiger partial charge in [-0.3, -0.25) is 9.59 Å². The molecule has 2 amide bonds. The molecular formula is C26H24N6O3. The molecule has 2 aromatic heterocycles. The number of fused-ring (bicyclic) bond motifs is 2. The van der Waals surface area contributed by atoms with Crippen LogP contribution < -0.4 is 21.1 Å². The lowest BCUT2D eigenvalue weighted by Crippen LogP contribution is -2.24. The molecule has 2 aromatic carbocycles. The van der Waals surface area contributed by atoms with Crippen molar-refractivity contribution in [1.29, 1.82) is 0 Å². The number of nitrogens with two attached hydrogens (primary N) is 1. The summed E-state index contributed by atoms with van der Waals surface area (Å²) in [7, 11) is 0. The van der Waals surface area contributed by atoms with Gasteiger partial charge in [0.15, 0.2) is 5.82 Å². The van der Waals surface area contributed by atoms with Gasteiger partial charge in [-0.05, 0) is 54.8 Å². The quantitative estimate of drug-likeness (QED) is 0.409. The second-order valence-corrected chi connectivity index (χ2v) is 8.38. The lowest BCUT2D eigenvalue weighted by Gasteiger charge is -2.11. The van der Waals surface area contributed by atoms with Gasteiger partial charge in [-0.25, -0.2) is 9.97 Å². The number of ether oxygens (including phenoxy) is 1. The fourth-order valence-corrected chi connectivity index (χ4v) is 4.10. The number of anilines is 2. The summed E-state index contributed by atoms with van der Waals surface area (Å²) in [5.41, 5.74) is 10.1. The maximum atomic E-state index is 12.9. The van der Waals surface area contributed by atoms with Gasteiger partial charge < -0.3 is 25.7 Å². The number of pyridine rings is 1. The van der Waals surface area contributed by atoms with E-state index >= 15 is 0 Å². The van der Waals surface area contributed by atoms with Gasteiger partial charge in [0.1, 0.15) is 23.0 Å². The summed E-state index contributed by atoms with van der Waals surface area (Å²) in [6, 6.07) is 16.7.